The lowest BCUT2D eigenvalue weighted by atomic mass is 9.92. The fourth-order valence-electron chi connectivity index (χ4n) is 3.22. The number of carboxylic acids is 1. The number of aromatic nitrogens is 1. The summed E-state index contributed by atoms with van der Waals surface area (Å²) < 4.78 is 5.65. The van der Waals surface area contributed by atoms with E-state index >= 15 is 0 Å². The van der Waals surface area contributed by atoms with E-state index in [2.05, 4.69) is 10.3 Å². The molecule has 6 nitrogen and oxygen atoms in total. The van der Waals surface area contributed by atoms with Crippen LogP contribution in [0.3, 0.4) is 0 Å². The highest BCUT2D eigenvalue weighted by Gasteiger charge is 2.37. The maximum atomic E-state index is 12.5. The van der Waals surface area contributed by atoms with Gasteiger partial charge in [0.05, 0.1) is 18.2 Å². The predicted molar refractivity (Wildman–Crippen MR) is 91.7 cm³/mol. The van der Waals surface area contributed by atoms with Gasteiger partial charge < -0.3 is 15.2 Å². The fourth-order valence-corrected chi connectivity index (χ4v) is 3.22. The molecule has 0 unspecified atom stereocenters. The minimum absolute atomic E-state index is 0.0407. The van der Waals surface area contributed by atoms with Crippen molar-refractivity contribution < 1.29 is 19.4 Å². The molecule has 1 saturated carbocycles. The highest BCUT2D eigenvalue weighted by Crippen LogP contribution is 2.33. The Balaban J connectivity index is 1.67. The van der Waals surface area contributed by atoms with Gasteiger partial charge in [-0.15, -0.1) is 0 Å². The summed E-state index contributed by atoms with van der Waals surface area (Å²) in [5.41, 5.74) is -0.149. The zero-order valence-electron chi connectivity index (χ0n) is 13.8. The number of ether oxygens (including phenoxy) is 1. The van der Waals surface area contributed by atoms with Crippen LogP contribution in [0.25, 0.3) is 0 Å². The second-order valence-electron chi connectivity index (χ2n) is 6.33. The smallest absolute Gasteiger partial charge is 0.305 e. The standard InChI is InChI=1S/C19H20N2O4/c22-17(23)12-19(9-1-2-10-19)21-18(24)14-5-7-15(8-6-14)25-16-4-3-11-20-13-16/h3-8,11,13H,1-2,9-10,12H2,(H,21,24)(H,22,23). The van der Waals surface area contributed by atoms with Gasteiger partial charge in [0.2, 0.25) is 0 Å². The number of nitrogens with one attached hydrogen (secondary N) is 1. The van der Waals surface area contributed by atoms with Gasteiger partial charge in [-0.2, -0.15) is 0 Å². The highest BCUT2D eigenvalue weighted by molar-refractivity contribution is 5.95. The zero-order chi connectivity index (χ0) is 17.7. The van der Waals surface area contributed by atoms with E-state index in [1.54, 1.807) is 48.8 Å². The summed E-state index contributed by atoms with van der Waals surface area (Å²) in [6.07, 6.45) is 6.50. The van der Waals surface area contributed by atoms with Gasteiger partial charge in [0.25, 0.3) is 5.91 Å². The lowest BCUT2D eigenvalue weighted by molar-refractivity contribution is -0.138. The van der Waals surface area contributed by atoms with Gasteiger partial charge in [-0.1, -0.05) is 12.8 Å². The molecule has 0 atom stereocenters. The Bertz CT molecular complexity index is 738. The number of amides is 1. The number of pyridine rings is 1. The van der Waals surface area contributed by atoms with Crippen LogP contribution in [-0.2, 0) is 4.79 Å². The molecule has 0 spiro atoms. The van der Waals surface area contributed by atoms with Crippen molar-refractivity contribution in [1.29, 1.82) is 0 Å². The number of hydrogen-bond acceptors (Lipinski definition) is 4. The molecule has 1 aliphatic rings. The average molecular weight is 340 g/mol. The first-order chi connectivity index (χ1) is 12.1. The molecule has 6 heteroatoms. The lowest BCUT2D eigenvalue weighted by Gasteiger charge is -2.28. The Morgan fingerprint density at radius 3 is 2.44 bits per heavy atom. The van der Waals surface area contributed by atoms with Crippen LogP contribution in [0.5, 0.6) is 11.5 Å². The summed E-state index contributed by atoms with van der Waals surface area (Å²) in [7, 11) is 0. The maximum absolute atomic E-state index is 12.5. The van der Waals surface area contributed by atoms with Crippen LogP contribution in [-0.4, -0.2) is 27.5 Å². The average Bonchev–Trinajstić information content (AvgIpc) is 3.03. The Hall–Kier alpha value is -2.89. The first-order valence-electron chi connectivity index (χ1n) is 8.29. The third kappa shape index (κ3) is 4.35. The molecule has 0 radical (unpaired) electrons. The molecule has 1 amide bonds. The van der Waals surface area contributed by atoms with Gasteiger partial charge in [0.1, 0.15) is 11.5 Å². The van der Waals surface area contributed by atoms with Crippen LogP contribution in [0.15, 0.2) is 48.8 Å². The van der Waals surface area contributed by atoms with Crippen molar-refractivity contribution in [2.45, 2.75) is 37.6 Å². The van der Waals surface area contributed by atoms with Crippen molar-refractivity contribution in [2.75, 3.05) is 0 Å². The molecule has 0 aliphatic heterocycles. The van der Waals surface area contributed by atoms with E-state index in [1.165, 1.54) is 0 Å². The Morgan fingerprint density at radius 2 is 1.84 bits per heavy atom. The van der Waals surface area contributed by atoms with Crippen molar-refractivity contribution in [3.63, 3.8) is 0 Å². The molecule has 3 rings (SSSR count). The molecule has 0 bridgehead atoms. The summed E-state index contributed by atoms with van der Waals surface area (Å²) in [5, 5.41) is 12.1. The number of rotatable bonds is 6. The van der Waals surface area contributed by atoms with Gasteiger partial charge in [0, 0.05) is 11.8 Å². The predicted octanol–water partition coefficient (Wildman–Crippen LogP) is 3.39. The van der Waals surface area contributed by atoms with Gasteiger partial charge in [-0.05, 0) is 49.2 Å². The van der Waals surface area contributed by atoms with Crippen LogP contribution in [0.1, 0.15) is 42.5 Å². The monoisotopic (exact) mass is 340 g/mol. The van der Waals surface area contributed by atoms with E-state index in [4.69, 9.17) is 9.84 Å². The van der Waals surface area contributed by atoms with E-state index in [9.17, 15) is 9.59 Å². The molecule has 0 saturated heterocycles. The molecular formula is C19H20N2O4. The number of benzene rings is 1. The van der Waals surface area contributed by atoms with Crippen molar-refractivity contribution in [3.8, 4) is 11.5 Å². The van der Waals surface area contributed by atoms with Gasteiger partial charge >= 0.3 is 5.97 Å². The summed E-state index contributed by atoms with van der Waals surface area (Å²) in [5.74, 6) is 0.0789. The number of carbonyl (C=O) groups excluding carboxylic acids is 1. The van der Waals surface area contributed by atoms with Crippen LogP contribution in [0.2, 0.25) is 0 Å². The fraction of sp³-hybridized carbons (Fsp3) is 0.316. The molecule has 1 heterocycles. The number of nitrogens with zero attached hydrogens (tertiary/aromatic N) is 1. The summed E-state index contributed by atoms with van der Waals surface area (Å²) >= 11 is 0. The summed E-state index contributed by atoms with van der Waals surface area (Å²) in [4.78, 5) is 27.6. The molecule has 1 aliphatic carbocycles. The molecule has 130 valence electrons. The SMILES string of the molecule is O=C(O)CC1(NC(=O)c2ccc(Oc3cccnc3)cc2)CCCC1. The van der Waals surface area contributed by atoms with Crippen LogP contribution in [0.4, 0.5) is 0 Å². The van der Waals surface area contributed by atoms with Crippen molar-refractivity contribution in [3.05, 3.63) is 54.4 Å². The molecule has 25 heavy (non-hydrogen) atoms. The maximum Gasteiger partial charge on any atom is 0.305 e. The Kier molecular flexibility index (Phi) is 4.97. The van der Waals surface area contributed by atoms with Crippen molar-refractivity contribution in [2.24, 2.45) is 0 Å². The van der Waals surface area contributed by atoms with Crippen LogP contribution in [0, 0.1) is 0 Å². The van der Waals surface area contributed by atoms with Crippen LogP contribution >= 0.6 is 0 Å². The summed E-state index contributed by atoms with van der Waals surface area (Å²) in [6.45, 7) is 0. The minimum Gasteiger partial charge on any atom is -0.481 e. The second kappa shape index (κ2) is 7.34. The quantitative estimate of drug-likeness (QED) is 0.841. The van der Waals surface area contributed by atoms with Crippen molar-refractivity contribution in [1.82, 2.24) is 10.3 Å². The van der Waals surface area contributed by atoms with E-state index in [0.717, 1.165) is 12.8 Å². The third-order valence-corrected chi connectivity index (χ3v) is 4.42. The van der Waals surface area contributed by atoms with E-state index in [0.29, 0.717) is 29.9 Å². The van der Waals surface area contributed by atoms with Crippen molar-refractivity contribution >= 4 is 11.9 Å². The van der Waals surface area contributed by atoms with Gasteiger partial charge in [-0.3, -0.25) is 14.6 Å². The van der Waals surface area contributed by atoms with E-state index < -0.39 is 11.5 Å². The largest absolute Gasteiger partial charge is 0.481 e. The molecule has 1 aromatic carbocycles. The van der Waals surface area contributed by atoms with Gasteiger partial charge in [0.15, 0.2) is 0 Å². The number of carbonyl (C=O) groups is 2. The summed E-state index contributed by atoms with van der Waals surface area (Å²) in [6, 6.07) is 10.3. The zero-order valence-corrected chi connectivity index (χ0v) is 13.8. The van der Waals surface area contributed by atoms with E-state index in [1.807, 2.05) is 0 Å². The normalized spacial score (nSPS) is 15.5. The molecule has 1 fully saturated rings. The Morgan fingerprint density at radius 1 is 1.12 bits per heavy atom. The first-order valence-corrected chi connectivity index (χ1v) is 8.29. The third-order valence-electron chi connectivity index (χ3n) is 4.42. The van der Waals surface area contributed by atoms with Crippen LogP contribution < -0.4 is 10.1 Å². The Labute approximate surface area is 145 Å². The molecule has 2 aromatic rings. The molecule has 2 N–H and O–H groups in total. The minimum atomic E-state index is -0.887. The number of hydrogen-bond donors (Lipinski definition) is 2. The van der Waals surface area contributed by atoms with E-state index in [-0.39, 0.29) is 12.3 Å². The molecular weight excluding hydrogens is 320 g/mol. The van der Waals surface area contributed by atoms with Gasteiger partial charge in [-0.25, -0.2) is 0 Å². The number of carboxylic acid groups (broad SMARTS) is 1. The second-order valence-corrected chi connectivity index (χ2v) is 6.33. The lowest BCUT2D eigenvalue weighted by Crippen LogP contribution is -2.47. The molecule has 1 aromatic heterocycles. The number of aliphatic carboxylic acids is 1. The highest BCUT2D eigenvalue weighted by atomic mass is 16.5. The topological polar surface area (TPSA) is 88.5 Å². The first kappa shape index (κ1) is 17.0.